The number of ether oxygens (including phenoxy) is 2. The molecule has 9 heteroatoms. The van der Waals surface area contributed by atoms with Crippen LogP contribution in [0.4, 0.5) is 0 Å². The molecule has 2 saturated heterocycles. The van der Waals surface area contributed by atoms with Gasteiger partial charge in [-0.25, -0.2) is 0 Å². The lowest BCUT2D eigenvalue weighted by molar-refractivity contribution is -0.148. The van der Waals surface area contributed by atoms with Crippen molar-refractivity contribution in [1.82, 2.24) is 19.6 Å². The Balaban J connectivity index is 1.86. The quantitative estimate of drug-likeness (QED) is 0.654. The van der Waals surface area contributed by atoms with Gasteiger partial charge in [0.2, 0.25) is 5.91 Å². The van der Waals surface area contributed by atoms with E-state index in [4.69, 9.17) is 9.47 Å². The Morgan fingerprint density at radius 1 is 1.24 bits per heavy atom. The van der Waals surface area contributed by atoms with E-state index in [0.717, 1.165) is 6.42 Å². The lowest BCUT2D eigenvalue weighted by Gasteiger charge is -2.39. The second-order valence-electron chi connectivity index (χ2n) is 7.72. The predicted octanol–water partition coefficient (Wildman–Crippen LogP) is 0.998. The molecule has 3 heterocycles. The van der Waals surface area contributed by atoms with Crippen LogP contribution in [0.2, 0.25) is 0 Å². The van der Waals surface area contributed by atoms with Crippen LogP contribution in [-0.4, -0.2) is 82.4 Å². The average Bonchev–Trinajstić information content (AvgIpc) is 3.30. The molecule has 1 aromatic heterocycles. The minimum absolute atomic E-state index is 0.0190. The van der Waals surface area contributed by atoms with Gasteiger partial charge in [-0.05, 0) is 26.7 Å². The summed E-state index contributed by atoms with van der Waals surface area (Å²) >= 11 is 0. The summed E-state index contributed by atoms with van der Waals surface area (Å²) in [5.41, 5.74) is 0.350. The molecule has 9 nitrogen and oxygen atoms in total. The highest BCUT2D eigenvalue weighted by molar-refractivity contribution is 5.96. The highest BCUT2D eigenvalue weighted by Gasteiger charge is 2.47. The highest BCUT2D eigenvalue weighted by Crippen LogP contribution is 2.35. The largest absolute Gasteiger partial charge is 0.463 e. The number of morpholine rings is 1. The molecule has 0 aliphatic carbocycles. The molecule has 2 amide bonds. The zero-order chi connectivity index (χ0) is 21.0. The number of aromatic nitrogens is 2. The number of esters is 1. The molecule has 0 radical (unpaired) electrons. The van der Waals surface area contributed by atoms with Gasteiger partial charge in [-0.1, -0.05) is 0 Å². The third-order valence-electron chi connectivity index (χ3n) is 5.73. The fourth-order valence-electron chi connectivity index (χ4n) is 4.12. The Labute approximate surface area is 170 Å². The fourth-order valence-corrected chi connectivity index (χ4v) is 4.12. The van der Waals surface area contributed by atoms with E-state index in [9.17, 15) is 14.4 Å². The zero-order valence-corrected chi connectivity index (χ0v) is 17.5. The Morgan fingerprint density at radius 2 is 1.97 bits per heavy atom. The maximum Gasteiger partial charge on any atom is 0.302 e. The van der Waals surface area contributed by atoms with Crippen LogP contribution < -0.4 is 0 Å². The van der Waals surface area contributed by atoms with Gasteiger partial charge in [-0.15, -0.1) is 0 Å². The molecule has 2 fully saturated rings. The van der Waals surface area contributed by atoms with Crippen molar-refractivity contribution in [3.8, 4) is 0 Å². The third kappa shape index (κ3) is 4.60. The number of aryl methyl sites for hydroxylation is 2. The topological polar surface area (TPSA) is 94.0 Å². The Kier molecular flexibility index (Phi) is 6.56. The van der Waals surface area contributed by atoms with Crippen molar-refractivity contribution in [2.24, 2.45) is 0 Å². The molecule has 160 valence electrons. The van der Waals surface area contributed by atoms with Crippen LogP contribution in [0.5, 0.6) is 0 Å². The number of hydrogen-bond donors (Lipinski definition) is 0. The van der Waals surface area contributed by atoms with E-state index in [1.807, 2.05) is 13.8 Å². The third-order valence-corrected chi connectivity index (χ3v) is 5.73. The van der Waals surface area contributed by atoms with Gasteiger partial charge in [-0.2, -0.15) is 5.10 Å². The number of nitrogens with zero attached hydrogens (tertiary/aromatic N) is 4. The number of hydrogen-bond acceptors (Lipinski definition) is 6. The van der Waals surface area contributed by atoms with Gasteiger partial charge in [0.15, 0.2) is 0 Å². The van der Waals surface area contributed by atoms with Gasteiger partial charge in [0.05, 0.1) is 36.4 Å². The second-order valence-corrected chi connectivity index (χ2v) is 7.72. The van der Waals surface area contributed by atoms with Gasteiger partial charge >= 0.3 is 5.97 Å². The molecule has 1 unspecified atom stereocenters. The van der Waals surface area contributed by atoms with Gasteiger partial charge < -0.3 is 19.3 Å². The first-order chi connectivity index (χ1) is 13.9. The van der Waals surface area contributed by atoms with Crippen LogP contribution in [0.3, 0.4) is 0 Å². The standard InChI is InChI=1S/C20H30N4O5/c1-4-23-13-17(15(2)21-23)19(27)24-7-5-6-20(24,14-29-16(3)25)12-18(26)22-8-10-28-11-9-22/h13H,4-12,14H2,1-3H3. The summed E-state index contributed by atoms with van der Waals surface area (Å²) in [6.45, 7) is 8.43. The molecule has 29 heavy (non-hydrogen) atoms. The van der Waals surface area contributed by atoms with Crippen molar-refractivity contribution < 1.29 is 23.9 Å². The molecule has 0 saturated carbocycles. The summed E-state index contributed by atoms with van der Waals surface area (Å²) in [6.07, 6.45) is 3.25. The van der Waals surface area contributed by atoms with E-state index >= 15 is 0 Å². The van der Waals surface area contributed by atoms with Crippen LogP contribution in [0.25, 0.3) is 0 Å². The zero-order valence-electron chi connectivity index (χ0n) is 17.5. The molecule has 0 N–H and O–H groups in total. The number of likely N-dealkylation sites (tertiary alicyclic amines) is 1. The van der Waals surface area contributed by atoms with Crippen LogP contribution >= 0.6 is 0 Å². The molecular formula is C20H30N4O5. The Bertz CT molecular complexity index is 771. The molecule has 3 rings (SSSR count). The van der Waals surface area contributed by atoms with Crippen LogP contribution in [0, 0.1) is 6.92 Å². The SMILES string of the molecule is CCn1cc(C(=O)N2CCCC2(COC(C)=O)CC(=O)N2CCOCC2)c(C)n1. The summed E-state index contributed by atoms with van der Waals surface area (Å²) in [4.78, 5) is 41.4. The molecule has 0 aromatic carbocycles. The summed E-state index contributed by atoms with van der Waals surface area (Å²) in [6, 6.07) is 0. The monoisotopic (exact) mass is 406 g/mol. The summed E-state index contributed by atoms with van der Waals surface area (Å²) in [5, 5.41) is 4.37. The van der Waals surface area contributed by atoms with Crippen molar-refractivity contribution in [2.45, 2.75) is 52.1 Å². The molecule has 2 aliphatic rings. The Hall–Kier alpha value is -2.42. The highest BCUT2D eigenvalue weighted by atomic mass is 16.5. The average molecular weight is 406 g/mol. The van der Waals surface area contributed by atoms with E-state index in [-0.39, 0.29) is 24.8 Å². The lowest BCUT2D eigenvalue weighted by atomic mass is 9.91. The lowest BCUT2D eigenvalue weighted by Crippen LogP contribution is -2.54. The first-order valence-corrected chi connectivity index (χ1v) is 10.2. The molecule has 0 bridgehead atoms. The van der Waals surface area contributed by atoms with Gasteiger partial charge in [0, 0.05) is 39.3 Å². The van der Waals surface area contributed by atoms with Gasteiger partial charge in [0.1, 0.15) is 6.61 Å². The maximum absolute atomic E-state index is 13.4. The first-order valence-electron chi connectivity index (χ1n) is 10.2. The van der Waals surface area contributed by atoms with Crippen molar-refractivity contribution in [3.05, 3.63) is 17.5 Å². The molecule has 0 spiro atoms. The molecular weight excluding hydrogens is 376 g/mol. The van der Waals surface area contributed by atoms with Crippen molar-refractivity contribution in [3.63, 3.8) is 0 Å². The van der Waals surface area contributed by atoms with E-state index in [2.05, 4.69) is 5.10 Å². The second kappa shape index (κ2) is 8.94. The van der Waals surface area contributed by atoms with E-state index < -0.39 is 11.5 Å². The summed E-state index contributed by atoms with van der Waals surface area (Å²) in [5.74, 6) is -0.625. The number of amides is 2. The normalized spacial score (nSPS) is 22.0. The fraction of sp³-hybridized carbons (Fsp3) is 0.700. The van der Waals surface area contributed by atoms with Gasteiger partial charge in [0.25, 0.3) is 5.91 Å². The minimum atomic E-state index is -0.834. The molecule has 1 aromatic rings. The number of carbonyl (C=O) groups excluding carboxylic acids is 3. The van der Waals surface area contributed by atoms with E-state index in [0.29, 0.717) is 57.1 Å². The smallest absolute Gasteiger partial charge is 0.302 e. The number of rotatable bonds is 6. The first kappa shape index (κ1) is 21.3. The minimum Gasteiger partial charge on any atom is -0.463 e. The summed E-state index contributed by atoms with van der Waals surface area (Å²) < 4.78 is 12.4. The van der Waals surface area contributed by atoms with Crippen molar-refractivity contribution in [1.29, 1.82) is 0 Å². The van der Waals surface area contributed by atoms with Crippen molar-refractivity contribution in [2.75, 3.05) is 39.5 Å². The van der Waals surface area contributed by atoms with Crippen LogP contribution in [0.1, 0.15) is 49.2 Å². The Morgan fingerprint density at radius 3 is 2.59 bits per heavy atom. The van der Waals surface area contributed by atoms with E-state index in [1.165, 1.54) is 6.92 Å². The molecule has 2 aliphatic heterocycles. The number of carbonyl (C=O) groups is 3. The molecule has 1 atom stereocenters. The summed E-state index contributed by atoms with van der Waals surface area (Å²) in [7, 11) is 0. The van der Waals surface area contributed by atoms with E-state index in [1.54, 1.807) is 20.7 Å². The maximum atomic E-state index is 13.4. The van der Waals surface area contributed by atoms with Crippen LogP contribution in [-0.2, 0) is 25.6 Å². The predicted molar refractivity (Wildman–Crippen MR) is 104 cm³/mol. The van der Waals surface area contributed by atoms with Crippen LogP contribution in [0.15, 0.2) is 6.20 Å². The van der Waals surface area contributed by atoms with Gasteiger partial charge in [-0.3, -0.25) is 19.1 Å². The van der Waals surface area contributed by atoms with Crippen molar-refractivity contribution >= 4 is 17.8 Å².